The van der Waals surface area contributed by atoms with E-state index in [0.717, 1.165) is 0 Å². The standard InChI is InChI=1S/C9H10N2O3/c1-7-6-11(4-2-3-5-12)9(14)10-8(7)13/h2-4,6,12H,5H2,1H3/p+1/b3-2?,11-4-. The minimum Gasteiger partial charge on any atom is -0.392 e. The molecule has 0 aromatic carbocycles. The van der Waals surface area contributed by atoms with E-state index in [1.165, 1.54) is 29.1 Å². The van der Waals surface area contributed by atoms with Crippen LogP contribution in [-0.2, 0) is 4.79 Å². The molecule has 0 aromatic heterocycles. The molecule has 1 aliphatic rings. The van der Waals surface area contributed by atoms with Gasteiger partial charge in [-0.25, -0.2) is 4.79 Å². The molecule has 3 amide bonds. The van der Waals surface area contributed by atoms with Crippen molar-refractivity contribution in [3.63, 3.8) is 0 Å². The quantitative estimate of drug-likeness (QED) is 0.598. The molecule has 5 heteroatoms. The molecule has 0 aliphatic carbocycles. The smallest absolute Gasteiger partial charge is 0.392 e. The summed E-state index contributed by atoms with van der Waals surface area (Å²) in [5.41, 5.74) is 0.457. The largest absolute Gasteiger partial charge is 0.503 e. The summed E-state index contributed by atoms with van der Waals surface area (Å²) in [5, 5.41) is 10.6. The van der Waals surface area contributed by atoms with E-state index in [0.29, 0.717) is 5.57 Å². The first-order valence-electron chi connectivity index (χ1n) is 4.08. The Labute approximate surface area is 81.0 Å². The van der Waals surface area contributed by atoms with Crippen LogP contribution in [0.5, 0.6) is 0 Å². The molecule has 0 fully saturated rings. The molecule has 0 aromatic rings. The van der Waals surface area contributed by atoms with Gasteiger partial charge in [0.25, 0.3) is 0 Å². The van der Waals surface area contributed by atoms with Gasteiger partial charge in [-0.2, -0.15) is 14.7 Å². The van der Waals surface area contributed by atoms with Crippen molar-refractivity contribution in [3.05, 3.63) is 23.9 Å². The summed E-state index contributed by atoms with van der Waals surface area (Å²) in [5.74, 6) is -0.384. The van der Waals surface area contributed by atoms with Crippen LogP contribution in [0.15, 0.2) is 23.9 Å². The summed E-state index contributed by atoms with van der Waals surface area (Å²) < 4.78 is 1.24. The predicted octanol–water partition coefficient (Wildman–Crippen LogP) is -0.228. The van der Waals surface area contributed by atoms with Gasteiger partial charge in [0.1, 0.15) is 6.20 Å². The van der Waals surface area contributed by atoms with Crippen molar-refractivity contribution in [1.29, 1.82) is 0 Å². The van der Waals surface area contributed by atoms with E-state index in [4.69, 9.17) is 5.11 Å². The molecule has 0 saturated carbocycles. The zero-order valence-corrected chi connectivity index (χ0v) is 7.73. The lowest BCUT2D eigenvalue weighted by atomic mass is 10.3. The minimum atomic E-state index is -0.497. The second-order valence-electron chi connectivity index (χ2n) is 2.74. The first-order chi connectivity index (χ1) is 6.65. The Morgan fingerprint density at radius 1 is 1.57 bits per heavy atom. The van der Waals surface area contributed by atoms with Crippen LogP contribution in [0, 0.1) is 0 Å². The number of aliphatic hydroxyl groups excluding tert-OH is 1. The Morgan fingerprint density at radius 2 is 2.29 bits per heavy atom. The average Bonchev–Trinajstić information content (AvgIpc) is 2.14. The molecule has 1 heterocycles. The van der Waals surface area contributed by atoms with Gasteiger partial charge in [0, 0.05) is 0 Å². The van der Waals surface area contributed by atoms with Gasteiger partial charge in [0.15, 0.2) is 0 Å². The lowest BCUT2D eigenvalue weighted by Crippen LogP contribution is -2.40. The fourth-order valence-electron chi connectivity index (χ4n) is 0.911. The normalized spacial score (nSPS) is 20.1. The van der Waals surface area contributed by atoms with Gasteiger partial charge in [-0.1, -0.05) is 6.08 Å². The number of amides is 3. The highest BCUT2D eigenvalue weighted by Gasteiger charge is 2.26. The van der Waals surface area contributed by atoms with Crippen molar-refractivity contribution in [2.24, 2.45) is 0 Å². The maximum absolute atomic E-state index is 11.2. The monoisotopic (exact) mass is 195 g/mol. The second kappa shape index (κ2) is 4.48. The summed E-state index contributed by atoms with van der Waals surface area (Å²) >= 11 is 0. The molecule has 14 heavy (non-hydrogen) atoms. The Bertz CT molecular complexity index is 353. The van der Waals surface area contributed by atoms with E-state index in [1.54, 1.807) is 6.92 Å². The van der Waals surface area contributed by atoms with Crippen LogP contribution >= 0.6 is 0 Å². The molecule has 2 N–H and O–H groups in total. The number of nitrogens with zero attached hydrogens (tertiary/aromatic N) is 1. The van der Waals surface area contributed by atoms with Crippen LogP contribution in [0.2, 0.25) is 0 Å². The molecule has 1 rings (SSSR count). The number of carbonyl (C=O) groups excluding carboxylic acids is 2. The zero-order valence-electron chi connectivity index (χ0n) is 7.73. The number of aliphatic hydroxyl groups is 1. The number of allylic oxidation sites excluding steroid dienone is 1. The van der Waals surface area contributed by atoms with E-state index in [9.17, 15) is 9.59 Å². The Hall–Kier alpha value is -1.75. The number of hydrogen-bond acceptors (Lipinski definition) is 3. The molecule has 1 aliphatic heterocycles. The van der Waals surface area contributed by atoms with Gasteiger partial charge in [-0.3, -0.25) is 0 Å². The summed E-state index contributed by atoms with van der Waals surface area (Å²) in [6.07, 6.45) is 5.90. The number of nitrogens with one attached hydrogen (secondary N) is 1. The number of urea groups is 1. The topological polar surface area (TPSA) is 69.4 Å². The van der Waals surface area contributed by atoms with E-state index in [2.05, 4.69) is 5.32 Å². The van der Waals surface area contributed by atoms with Crippen molar-refractivity contribution in [3.8, 4) is 0 Å². The first kappa shape index (κ1) is 10.3. The van der Waals surface area contributed by atoms with Crippen molar-refractivity contribution >= 4 is 18.2 Å². The fraction of sp³-hybridized carbons (Fsp3) is 0.222. The van der Waals surface area contributed by atoms with Gasteiger partial charge in [-0.05, 0) is 13.0 Å². The van der Waals surface area contributed by atoms with Crippen molar-refractivity contribution in [2.75, 3.05) is 6.61 Å². The SMILES string of the molecule is CC1=C/[N+](=C/C=CCO)C(=O)NC1=O. The van der Waals surface area contributed by atoms with Crippen LogP contribution in [-0.4, -0.2) is 34.4 Å². The van der Waals surface area contributed by atoms with Crippen molar-refractivity contribution in [2.45, 2.75) is 6.92 Å². The third kappa shape index (κ3) is 2.37. The summed E-state index contributed by atoms with van der Waals surface area (Å²) in [6, 6.07) is -0.497. The molecule has 0 radical (unpaired) electrons. The highest BCUT2D eigenvalue weighted by atomic mass is 16.2. The molecule has 74 valence electrons. The summed E-state index contributed by atoms with van der Waals surface area (Å²) in [4.78, 5) is 22.1. The van der Waals surface area contributed by atoms with Crippen molar-refractivity contribution < 1.29 is 19.3 Å². The van der Waals surface area contributed by atoms with Crippen LogP contribution in [0.3, 0.4) is 0 Å². The molecule has 0 saturated heterocycles. The van der Waals surface area contributed by atoms with Crippen LogP contribution in [0.1, 0.15) is 6.92 Å². The maximum atomic E-state index is 11.2. The van der Waals surface area contributed by atoms with Crippen LogP contribution in [0.4, 0.5) is 4.79 Å². The Balaban J connectivity index is 2.89. The molecule has 0 unspecified atom stereocenters. The van der Waals surface area contributed by atoms with Crippen molar-refractivity contribution in [1.82, 2.24) is 5.32 Å². The molecular weight excluding hydrogens is 184 g/mol. The van der Waals surface area contributed by atoms with Gasteiger partial charge in [0.2, 0.25) is 0 Å². The second-order valence-corrected chi connectivity index (χ2v) is 2.74. The van der Waals surface area contributed by atoms with Gasteiger partial charge < -0.3 is 5.11 Å². The van der Waals surface area contributed by atoms with E-state index in [-0.39, 0.29) is 12.5 Å². The van der Waals surface area contributed by atoms with E-state index >= 15 is 0 Å². The van der Waals surface area contributed by atoms with Gasteiger partial charge >= 0.3 is 11.9 Å². The fourth-order valence-corrected chi connectivity index (χ4v) is 0.911. The van der Waals surface area contributed by atoms with E-state index < -0.39 is 6.03 Å². The lowest BCUT2D eigenvalue weighted by Gasteiger charge is -2.04. The molecular formula is C9H11N2O3+. The van der Waals surface area contributed by atoms with Gasteiger partial charge in [0.05, 0.1) is 18.4 Å². The average molecular weight is 195 g/mol. The molecule has 5 nitrogen and oxygen atoms in total. The lowest BCUT2D eigenvalue weighted by molar-refractivity contribution is -0.347. The number of rotatable bonds is 2. The molecule has 0 bridgehead atoms. The third-order valence-corrected chi connectivity index (χ3v) is 1.63. The summed E-state index contributed by atoms with van der Waals surface area (Å²) in [7, 11) is 0. The number of carbonyl (C=O) groups is 2. The first-order valence-corrected chi connectivity index (χ1v) is 4.08. The number of imide groups is 1. The number of hydrogen-bond donors (Lipinski definition) is 2. The molecule has 0 atom stereocenters. The van der Waals surface area contributed by atoms with Gasteiger partial charge in [-0.15, -0.1) is 0 Å². The minimum absolute atomic E-state index is 0.0897. The zero-order chi connectivity index (χ0) is 10.6. The Kier molecular flexibility index (Phi) is 3.30. The van der Waals surface area contributed by atoms with Crippen LogP contribution in [0.25, 0.3) is 0 Å². The highest BCUT2D eigenvalue weighted by molar-refractivity contribution is 6.03. The molecule has 0 spiro atoms. The maximum Gasteiger partial charge on any atom is 0.503 e. The highest BCUT2D eigenvalue weighted by Crippen LogP contribution is 1.99. The summed E-state index contributed by atoms with van der Waals surface area (Å²) in [6.45, 7) is 1.52. The van der Waals surface area contributed by atoms with Crippen LogP contribution < -0.4 is 5.32 Å². The van der Waals surface area contributed by atoms with E-state index in [1.807, 2.05) is 0 Å². The third-order valence-electron chi connectivity index (χ3n) is 1.63. The predicted molar refractivity (Wildman–Crippen MR) is 49.8 cm³/mol. The Morgan fingerprint density at radius 3 is 2.93 bits per heavy atom.